The molecule has 1 amide bonds. The molecule has 0 bridgehead atoms. The van der Waals surface area contributed by atoms with Crippen LogP contribution in [0.25, 0.3) is 0 Å². The van der Waals surface area contributed by atoms with Crippen molar-refractivity contribution in [2.24, 2.45) is 11.7 Å². The third kappa shape index (κ3) is 3.35. The molecule has 0 aromatic carbocycles. The van der Waals surface area contributed by atoms with Crippen LogP contribution in [0.15, 0.2) is 0 Å². The number of nitrogens with two attached hydrogens (primary N) is 1. The van der Waals surface area contributed by atoms with Crippen LogP contribution in [0.4, 0.5) is 0 Å². The maximum absolute atomic E-state index is 10.8. The van der Waals surface area contributed by atoms with E-state index in [1.165, 1.54) is 0 Å². The van der Waals surface area contributed by atoms with E-state index in [0.29, 0.717) is 18.8 Å². The van der Waals surface area contributed by atoms with Gasteiger partial charge in [-0.05, 0) is 31.6 Å². The molecule has 0 radical (unpaired) electrons. The Labute approximate surface area is 80.3 Å². The van der Waals surface area contributed by atoms with Crippen LogP contribution in [0.1, 0.15) is 46.5 Å². The molecule has 1 aliphatic rings. The van der Waals surface area contributed by atoms with Crippen molar-refractivity contribution in [1.29, 1.82) is 0 Å². The molecule has 13 heavy (non-hydrogen) atoms. The molecular formula is C10H21NO2. The van der Waals surface area contributed by atoms with E-state index < -0.39 is 11.5 Å². The Morgan fingerprint density at radius 1 is 1.38 bits per heavy atom. The van der Waals surface area contributed by atoms with E-state index in [2.05, 4.69) is 6.92 Å². The van der Waals surface area contributed by atoms with Gasteiger partial charge in [-0.25, -0.2) is 0 Å². The summed E-state index contributed by atoms with van der Waals surface area (Å²) in [6.45, 7) is 6.13. The minimum absolute atomic E-state index is 0.531. The number of rotatable bonds is 1. The highest BCUT2D eigenvalue weighted by Crippen LogP contribution is 2.31. The summed E-state index contributed by atoms with van der Waals surface area (Å²) in [7, 11) is 0. The first-order chi connectivity index (χ1) is 6.04. The highest BCUT2D eigenvalue weighted by atomic mass is 16.3. The lowest BCUT2D eigenvalue weighted by atomic mass is 9.79. The van der Waals surface area contributed by atoms with Crippen molar-refractivity contribution in [2.75, 3.05) is 0 Å². The monoisotopic (exact) mass is 187 g/mol. The minimum Gasteiger partial charge on any atom is -0.380 e. The summed E-state index contributed by atoms with van der Waals surface area (Å²) in [5, 5.41) is 9.59. The summed E-state index contributed by atoms with van der Waals surface area (Å²) in [6.07, 6.45) is 2.87. The standard InChI is InChI=1S/C8H15NO2.C2H6/c1-6-2-4-8(11,5-3-6)7(9)10;1-2/h6,11H,2-5H2,1H3,(H2,9,10);1-2H3. The fourth-order valence-corrected chi connectivity index (χ4v) is 1.49. The van der Waals surface area contributed by atoms with Crippen LogP contribution in [0.2, 0.25) is 0 Å². The van der Waals surface area contributed by atoms with Gasteiger partial charge in [0.15, 0.2) is 0 Å². The summed E-state index contributed by atoms with van der Waals surface area (Å²) in [5.41, 5.74) is 3.86. The van der Waals surface area contributed by atoms with E-state index >= 15 is 0 Å². The van der Waals surface area contributed by atoms with E-state index in [1.807, 2.05) is 13.8 Å². The molecule has 3 N–H and O–H groups in total. The van der Waals surface area contributed by atoms with Gasteiger partial charge in [-0.3, -0.25) is 4.79 Å². The largest absolute Gasteiger partial charge is 0.380 e. The molecule has 0 aromatic rings. The van der Waals surface area contributed by atoms with Gasteiger partial charge >= 0.3 is 0 Å². The maximum Gasteiger partial charge on any atom is 0.249 e. The number of carbonyl (C=O) groups excluding carboxylic acids is 1. The van der Waals surface area contributed by atoms with Gasteiger partial charge < -0.3 is 10.8 Å². The highest BCUT2D eigenvalue weighted by molar-refractivity contribution is 5.83. The molecular weight excluding hydrogens is 166 g/mol. The second-order valence-corrected chi connectivity index (χ2v) is 3.58. The predicted octanol–water partition coefficient (Wildman–Crippen LogP) is 1.44. The van der Waals surface area contributed by atoms with Crippen LogP contribution < -0.4 is 5.73 Å². The van der Waals surface area contributed by atoms with Crippen molar-refractivity contribution in [3.05, 3.63) is 0 Å². The Kier molecular flexibility index (Phi) is 4.99. The Balaban J connectivity index is 0.000000671. The first kappa shape index (κ1) is 12.4. The zero-order valence-corrected chi connectivity index (χ0v) is 8.84. The Morgan fingerprint density at radius 2 is 1.77 bits per heavy atom. The normalized spacial score (nSPS) is 33.1. The summed E-state index contributed by atoms with van der Waals surface area (Å²) in [4.78, 5) is 10.8. The zero-order chi connectivity index (χ0) is 10.5. The number of aliphatic hydroxyl groups is 1. The van der Waals surface area contributed by atoms with Crippen molar-refractivity contribution < 1.29 is 9.90 Å². The number of amides is 1. The lowest BCUT2D eigenvalue weighted by Gasteiger charge is -2.31. The lowest BCUT2D eigenvalue weighted by Crippen LogP contribution is -2.46. The fourth-order valence-electron chi connectivity index (χ4n) is 1.49. The third-order valence-corrected chi connectivity index (χ3v) is 2.56. The molecule has 0 aromatic heterocycles. The van der Waals surface area contributed by atoms with Gasteiger partial charge in [0.1, 0.15) is 5.60 Å². The molecule has 0 heterocycles. The topological polar surface area (TPSA) is 63.3 Å². The van der Waals surface area contributed by atoms with Gasteiger partial charge in [-0.15, -0.1) is 0 Å². The smallest absolute Gasteiger partial charge is 0.249 e. The van der Waals surface area contributed by atoms with Gasteiger partial charge in [0, 0.05) is 0 Å². The van der Waals surface area contributed by atoms with Crippen molar-refractivity contribution in [1.82, 2.24) is 0 Å². The maximum atomic E-state index is 10.8. The molecule has 0 aliphatic heterocycles. The van der Waals surface area contributed by atoms with E-state index in [-0.39, 0.29) is 0 Å². The molecule has 1 fully saturated rings. The number of carbonyl (C=O) groups is 1. The molecule has 78 valence electrons. The van der Waals surface area contributed by atoms with Crippen LogP contribution in [-0.4, -0.2) is 16.6 Å². The van der Waals surface area contributed by atoms with Gasteiger partial charge in [-0.1, -0.05) is 20.8 Å². The first-order valence-electron chi connectivity index (χ1n) is 5.07. The molecule has 1 rings (SSSR count). The molecule has 1 aliphatic carbocycles. The summed E-state index contributed by atoms with van der Waals surface area (Å²) in [5.74, 6) is 0.0547. The van der Waals surface area contributed by atoms with Crippen LogP contribution in [-0.2, 0) is 4.79 Å². The number of hydrogen-bond acceptors (Lipinski definition) is 2. The van der Waals surface area contributed by atoms with Crippen LogP contribution in [0.3, 0.4) is 0 Å². The Morgan fingerprint density at radius 3 is 2.08 bits per heavy atom. The SMILES string of the molecule is CC.CC1CCC(O)(C(N)=O)CC1. The lowest BCUT2D eigenvalue weighted by molar-refractivity contribution is -0.140. The van der Waals surface area contributed by atoms with Crippen LogP contribution in [0.5, 0.6) is 0 Å². The van der Waals surface area contributed by atoms with Crippen molar-refractivity contribution in [3.8, 4) is 0 Å². The molecule has 3 nitrogen and oxygen atoms in total. The molecule has 3 heteroatoms. The van der Waals surface area contributed by atoms with E-state index in [1.54, 1.807) is 0 Å². The molecule has 0 saturated heterocycles. The Hall–Kier alpha value is -0.570. The van der Waals surface area contributed by atoms with Crippen LogP contribution >= 0.6 is 0 Å². The van der Waals surface area contributed by atoms with Crippen molar-refractivity contribution in [2.45, 2.75) is 52.1 Å². The summed E-state index contributed by atoms with van der Waals surface area (Å²) < 4.78 is 0. The van der Waals surface area contributed by atoms with Crippen molar-refractivity contribution >= 4 is 5.91 Å². The number of primary amides is 1. The van der Waals surface area contributed by atoms with Gasteiger partial charge in [0.2, 0.25) is 5.91 Å². The summed E-state index contributed by atoms with van der Waals surface area (Å²) >= 11 is 0. The second kappa shape index (κ2) is 5.22. The molecule has 0 unspecified atom stereocenters. The fraction of sp³-hybridized carbons (Fsp3) is 0.900. The van der Waals surface area contributed by atoms with E-state index in [0.717, 1.165) is 12.8 Å². The van der Waals surface area contributed by atoms with E-state index in [4.69, 9.17) is 5.73 Å². The highest BCUT2D eigenvalue weighted by Gasteiger charge is 2.36. The van der Waals surface area contributed by atoms with Gasteiger partial charge in [0.25, 0.3) is 0 Å². The van der Waals surface area contributed by atoms with Gasteiger partial charge in [-0.2, -0.15) is 0 Å². The quantitative estimate of drug-likeness (QED) is 0.652. The number of hydrogen-bond donors (Lipinski definition) is 2. The summed E-state index contributed by atoms with van der Waals surface area (Å²) in [6, 6.07) is 0. The second-order valence-electron chi connectivity index (χ2n) is 3.58. The Bertz CT molecular complexity index is 160. The first-order valence-corrected chi connectivity index (χ1v) is 5.07. The molecule has 0 atom stereocenters. The van der Waals surface area contributed by atoms with Gasteiger partial charge in [0.05, 0.1) is 0 Å². The average molecular weight is 187 g/mol. The molecule has 0 spiro atoms. The zero-order valence-electron chi connectivity index (χ0n) is 8.84. The van der Waals surface area contributed by atoms with E-state index in [9.17, 15) is 9.90 Å². The van der Waals surface area contributed by atoms with Crippen LogP contribution in [0, 0.1) is 5.92 Å². The third-order valence-electron chi connectivity index (χ3n) is 2.56. The molecule has 1 saturated carbocycles. The minimum atomic E-state index is -1.20. The van der Waals surface area contributed by atoms with Crippen molar-refractivity contribution in [3.63, 3.8) is 0 Å². The average Bonchev–Trinajstić information content (AvgIpc) is 2.14. The predicted molar refractivity (Wildman–Crippen MR) is 53.1 cm³/mol.